The van der Waals surface area contributed by atoms with Crippen molar-refractivity contribution in [3.63, 3.8) is 0 Å². The van der Waals surface area contributed by atoms with E-state index in [4.69, 9.17) is 0 Å². The van der Waals surface area contributed by atoms with E-state index < -0.39 is 0 Å². The van der Waals surface area contributed by atoms with Gasteiger partial charge >= 0.3 is 6.03 Å². The predicted octanol–water partition coefficient (Wildman–Crippen LogP) is 2.81. The standard InChI is InChI=1S/C15H25N3OS/c1-15(2,18-8-4-3-5-9-18)12-17-14(19)16-11-13-7-6-10-20-13/h6-7,10H,3-5,8-9,11-12H2,1-2H3,(H2,16,17,19). The van der Waals surface area contributed by atoms with Crippen molar-refractivity contribution < 1.29 is 4.79 Å². The number of urea groups is 1. The van der Waals surface area contributed by atoms with Crippen LogP contribution in [0.15, 0.2) is 17.5 Å². The molecule has 0 saturated carbocycles. The van der Waals surface area contributed by atoms with Crippen LogP contribution in [-0.4, -0.2) is 36.1 Å². The Morgan fingerprint density at radius 2 is 2.05 bits per heavy atom. The van der Waals surface area contributed by atoms with Crippen LogP contribution in [0.25, 0.3) is 0 Å². The van der Waals surface area contributed by atoms with E-state index in [0.29, 0.717) is 13.1 Å². The molecule has 1 aromatic heterocycles. The fraction of sp³-hybridized carbons (Fsp3) is 0.667. The van der Waals surface area contributed by atoms with Crippen molar-refractivity contribution in [2.24, 2.45) is 0 Å². The molecule has 2 heterocycles. The molecule has 2 amide bonds. The molecule has 4 nitrogen and oxygen atoms in total. The summed E-state index contributed by atoms with van der Waals surface area (Å²) in [7, 11) is 0. The Bertz CT molecular complexity index is 411. The summed E-state index contributed by atoms with van der Waals surface area (Å²) in [5.74, 6) is 0. The number of nitrogens with one attached hydrogen (secondary N) is 2. The third-order valence-electron chi connectivity index (χ3n) is 3.90. The van der Waals surface area contributed by atoms with Gasteiger partial charge in [0.15, 0.2) is 0 Å². The van der Waals surface area contributed by atoms with Gasteiger partial charge in [-0.1, -0.05) is 12.5 Å². The second kappa shape index (κ2) is 7.09. The van der Waals surface area contributed by atoms with Crippen molar-refractivity contribution >= 4 is 17.4 Å². The van der Waals surface area contributed by atoms with Gasteiger partial charge in [-0.2, -0.15) is 0 Å². The van der Waals surface area contributed by atoms with E-state index in [-0.39, 0.29) is 11.6 Å². The average molecular weight is 295 g/mol. The normalized spacial score (nSPS) is 16.9. The lowest BCUT2D eigenvalue weighted by Crippen LogP contribution is -2.54. The third kappa shape index (κ3) is 4.49. The maximum Gasteiger partial charge on any atom is 0.315 e. The Balaban J connectivity index is 1.71. The smallest absolute Gasteiger partial charge is 0.315 e. The zero-order valence-corrected chi connectivity index (χ0v) is 13.3. The van der Waals surface area contributed by atoms with Gasteiger partial charge in [0.1, 0.15) is 0 Å². The van der Waals surface area contributed by atoms with Crippen LogP contribution in [-0.2, 0) is 6.54 Å². The van der Waals surface area contributed by atoms with Crippen LogP contribution in [0.2, 0.25) is 0 Å². The first-order valence-electron chi connectivity index (χ1n) is 7.37. The number of amides is 2. The second-order valence-electron chi connectivity index (χ2n) is 5.98. The summed E-state index contributed by atoms with van der Waals surface area (Å²) in [6.45, 7) is 7.99. The molecule has 5 heteroatoms. The molecule has 0 unspecified atom stereocenters. The van der Waals surface area contributed by atoms with Gasteiger partial charge in [0.05, 0.1) is 6.54 Å². The highest BCUT2D eigenvalue weighted by Crippen LogP contribution is 2.19. The molecular formula is C15H25N3OS. The van der Waals surface area contributed by atoms with Crippen LogP contribution in [0.4, 0.5) is 4.79 Å². The van der Waals surface area contributed by atoms with Gasteiger partial charge in [-0.25, -0.2) is 4.79 Å². The van der Waals surface area contributed by atoms with Gasteiger partial charge in [-0.15, -0.1) is 11.3 Å². The van der Waals surface area contributed by atoms with Gasteiger partial charge < -0.3 is 10.6 Å². The predicted molar refractivity (Wildman–Crippen MR) is 84.1 cm³/mol. The van der Waals surface area contributed by atoms with Gasteiger partial charge in [0.2, 0.25) is 0 Å². The quantitative estimate of drug-likeness (QED) is 0.877. The number of rotatable bonds is 5. The minimum Gasteiger partial charge on any atom is -0.336 e. The molecule has 0 bridgehead atoms. The Morgan fingerprint density at radius 1 is 1.30 bits per heavy atom. The molecule has 1 aromatic rings. The van der Waals surface area contributed by atoms with Gasteiger partial charge in [-0.05, 0) is 51.2 Å². The molecule has 0 aliphatic carbocycles. The zero-order chi connectivity index (χ0) is 14.4. The molecule has 0 spiro atoms. The number of carbonyl (C=O) groups is 1. The lowest BCUT2D eigenvalue weighted by Gasteiger charge is -2.41. The zero-order valence-electron chi connectivity index (χ0n) is 12.4. The fourth-order valence-electron chi connectivity index (χ4n) is 2.55. The molecule has 1 aliphatic heterocycles. The number of hydrogen-bond acceptors (Lipinski definition) is 3. The highest BCUT2D eigenvalue weighted by atomic mass is 32.1. The van der Waals surface area contributed by atoms with Crippen molar-refractivity contribution in [2.45, 2.75) is 45.2 Å². The summed E-state index contributed by atoms with van der Waals surface area (Å²) in [6.07, 6.45) is 3.88. The SMILES string of the molecule is CC(C)(CNC(=O)NCc1cccs1)N1CCCCC1. The van der Waals surface area contributed by atoms with E-state index in [1.54, 1.807) is 11.3 Å². The number of carbonyl (C=O) groups excluding carboxylic acids is 1. The van der Waals surface area contributed by atoms with Crippen LogP contribution in [0, 0.1) is 0 Å². The lowest BCUT2D eigenvalue weighted by molar-refractivity contribution is 0.0960. The molecule has 112 valence electrons. The molecule has 1 aliphatic rings. The molecule has 20 heavy (non-hydrogen) atoms. The molecule has 1 fully saturated rings. The van der Waals surface area contributed by atoms with E-state index >= 15 is 0 Å². The first-order valence-corrected chi connectivity index (χ1v) is 8.25. The lowest BCUT2D eigenvalue weighted by atomic mass is 9.98. The van der Waals surface area contributed by atoms with Crippen molar-refractivity contribution in [1.29, 1.82) is 0 Å². The molecular weight excluding hydrogens is 270 g/mol. The van der Waals surface area contributed by atoms with Crippen LogP contribution >= 0.6 is 11.3 Å². The first-order chi connectivity index (χ1) is 9.58. The van der Waals surface area contributed by atoms with Crippen LogP contribution in [0.5, 0.6) is 0 Å². The Labute approximate surface area is 125 Å². The van der Waals surface area contributed by atoms with Crippen molar-refractivity contribution in [3.8, 4) is 0 Å². The maximum atomic E-state index is 11.8. The molecule has 2 N–H and O–H groups in total. The summed E-state index contributed by atoms with van der Waals surface area (Å²) in [6, 6.07) is 3.95. The summed E-state index contributed by atoms with van der Waals surface area (Å²) in [4.78, 5) is 15.5. The van der Waals surface area contributed by atoms with Crippen molar-refractivity contribution in [1.82, 2.24) is 15.5 Å². The molecule has 1 saturated heterocycles. The molecule has 0 aromatic carbocycles. The van der Waals surface area contributed by atoms with Crippen LogP contribution in [0.1, 0.15) is 38.0 Å². The second-order valence-corrected chi connectivity index (χ2v) is 7.01. The highest BCUT2D eigenvalue weighted by Gasteiger charge is 2.28. The molecule has 0 radical (unpaired) electrons. The van der Waals surface area contributed by atoms with Crippen molar-refractivity contribution in [3.05, 3.63) is 22.4 Å². The molecule has 0 atom stereocenters. The molecule has 2 rings (SSSR count). The van der Waals surface area contributed by atoms with E-state index in [2.05, 4.69) is 29.4 Å². The number of hydrogen-bond donors (Lipinski definition) is 2. The fourth-order valence-corrected chi connectivity index (χ4v) is 3.20. The largest absolute Gasteiger partial charge is 0.336 e. The minimum absolute atomic E-state index is 0.0285. The van der Waals surface area contributed by atoms with Gasteiger partial charge in [0, 0.05) is 17.0 Å². The van der Waals surface area contributed by atoms with Crippen molar-refractivity contribution in [2.75, 3.05) is 19.6 Å². The third-order valence-corrected chi connectivity index (χ3v) is 4.77. The van der Waals surface area contributed by atoms with Gasteiger partial charge in [-0.3, -0.25) is 4.90 Å². The van der Waals surface area contributed by atoms with E-state index in [0.717, 1.165) is 13.1 Å². The summed E-state index contributed by atoms with van der Waals surface area (Å²) < 4.78 is 0. The number of likely N-dealkylation sites (tertiary alicyclic amines) is 1. The topological polar surface area (TPSA) is 44.4 Å². The van der Waals surface area contributed by atoms with E-state index in [1.807, 2.05) is 17.5 Å². The minimum atomic E-state index is -0.0801. The Hall–Kier alpha value is -1.07. The summed E-state index contributed by atoms with van der Waals surface area (Å²) in [5.41, 5.74) is 0.0285. The highest BCUT2D eigenvalue weighted by molar-refractivity contribution is 7.09. The number of thiophene rings is 1. The van der Waals surface area contributed by atoms with Crippen LogP contribution in [0.3, 0.4) is 0 Å². The monoisotopic (exact) mass is 295 g/mol. The average Bonchev–Trinajstić information content (AvgIpc) is 2.97. The van der Waals surface area contributed by atoms with Gasteiger partial charge in [0.25, 0.3) is 0 Å². The number of piperidine rings is 1. The van der Waals surface area contributed by atoms with Crippen LogP contribution < -0.4 is 10.6 Å². The summed E-state index contributed by atoms with van der Waals surface area (Å²) in [5, 5.41) is 7.92. The summed E-state index contributed by atoms with van der Waals surface area (Å²) >= 11 is 1.66. The number of nitrogens with zero attached hydrogens (tertiary/aromatic N) is 1. The first kappa shape index (κ1) is 15.3. The Morgan fingerprint density at radius 3 is 2.70 bits per heavy atom. The maximum absolute atomic E-state index is 11.8. The Kier molecular flexibility index (Phi) is 5.43. The van der Waals surface area contributed by atoms with E-state index in [1.165, 1.54) is 24.1 Å². The van der Waals surface area contributed by atoms with E-state index in [9.17, 15) is 4.79 Å².